The van der Waals surface area contributed by atoms with Crippen LogP contribution >= 0.6 is 0 Å². The molecule has 0 radical (unpaired) electrons. The first-order valence-electron chi connectivity index (χ1n) is 11.3. The Morgan fingerprint density at radius 1 is 0.862 bits per heavy atom. The number of carbonyl (C=O) groups excluding carboxylic acids is 2. The van der Waals surface area contributed by atoms with Crippen molar-refractivity contribution in [2.45, 2.75) is 51.4 Å². The largest absolute Gasteiger partial charge is 0.341 e. The lowest BCUT2D eigenvalue weighted by molar-refractivity contribution is -0.157. The second-order valence-corrected chi connectivity index (χ2v) is 10.0. The van der Waals surface area contributed by atoms with Crippen LogP contribution in [0.4, 0.5) is 4.39 Å². The quantitative estimate of drug-likeness (QED) is 0.780. The van der Waals surface area contributed by atoms with Crippen molar-refractivity contribution in [1.29, 1.82) is 0 Å². The monoisotopic (exact) mass is 398 g/mol. The zero-order valence-electron chi connectivity index (χ0n) is 17.1. The van der Waals surface area contributed by atoms with Gasteiger partial charge in [0.1, 0.15) is 5.82 Å². The Morgan fingerprint density at radius 2 is 1.41 bits per heavy atom. The molecule has 5 heteroatoms. The number of halogens is 1. The lowest BCUT2D eigenvalue weighted by Gasteiger charge is -2.56. The molecule has 5 aliphatic rings. The molecule has 1 aromatic rings. The predicted molar refractivity (Wildman–Crippen MR) is 108 cm³/mol. The van der Waals surface area contributed by atoms with Gasteiger partial charge in [0.15, 0.2) is 0 Å². The maximum absolute atomic E-state index is 13.6. The van der Waals surface area contributed by atoms with E-state index >= 15 is 0 Å². The molecule has 0 atom stereocenters. The summed E-state index contributed by atoms with van der Waals surface area (Å²) in [7, 11) is 0. The van der Waals surface area contributed by atoms with Gasteiger partial charge < -0.3 is 9.80 Å². The van der Waals surface area contributed by atoms with Crippen LogP contribution in [0, 0.1) is 29.0 Å². The van der Waals surface area contributed by atoms with Crippen molar-refractivity contribution >= 4 is 11.8 Å². The molecule has 0 spiro atoms. The minimum absolute atomic E-state index is 0.0701. The number of benzene rings is 1. The van der Waals surface area contributed by atoms with Crippen LogP contribution in [0.1, 0.15) is 50.5 Å². The fraction of sp³-hybridized carbons (Fsp3) is 0.667. The van der Waals surface area contributed by atoms with E-state index in [1.165, 1.54) is 31.4 Å². The smallest absolute Gasteiger partial charge is 0.228 e. The molecule has 6 rings (SSSR count). The summed E-state index contributed by atoms with van der Waals surface area (Å²) in [6, 6.07) is 6.15. The molecular weight excluding hydrogens is 367 g/mol. The molecule has 2 amide bonds. The van der Waals surface area contributed by atoms with E-state index in [0.717, 1.165) is 55.5 Å². The molecule has 0 unspecified atom stereocenters. The summed E-state index contributed by atoms with van der Waals surface area (Å²) in [5, 5.41) is 0. The maximum Gasteiger partial charge on any atom is 0.228 e. The van der Waals surface area contributed by atoms with E-state index in [4.69, 9.17) is 0 Å². The average molecular weight is 399 g/mol. The van der Waals surface area contributed by atoms with E-state index in [1.54, 1.807) is 12.1 Å². The molecule has 1 aromatic carbocycles. The number of hydrogen-bond donors (Lipinski definition) is 0. The van der Waals surface area contributed by atoms with Gasteiger partial charge in [-0.25, -0.2) is 4.39 Å². The van der Waals surface area contributed by atoms with E-state index in [1.807, 2.05) is 4.90 Å². The summed E-state index contributed by atoms with van der Waals surface area (Å²) in [4.78, 5) is 30.3. The summed E-state index contributed by atoms with van der Waals surface area (Å²) in [6.07, 6.45) is 8.47. The first kappa shape index (κ1) is 19.1. The Hall–Kier alpha value is -1.91. The summed E-state index contributed by atoms with van der Waals surface area (Å²) in [5.74, 6) is 2.47. The second-order valence-electron chi connectivity index (χ2n) is 10.0. The predicted octanol–water partition coefficient (Wildman–Crippen LogP) is 3.65. The molecule has 1 saturated heterocycles. The lowest BCUT2D eigenvalue weighted by Crippen LogP contribution is -2.55. The van der Waals surface area contributed by atoms with Gasteiger partial charge in [-0.1, -0.05) is 12.1 Å². The van der Waals surface area contributed by atoms with Crippen molar-refractivity contribution < 1.29 is 14.0 Å². The third-order valence-corrected chi connectivity index (χ3v) is 7.90. The van der Waals surface area contributed by atoms with Crippen molar-refractivity contribution in [3.63, 3.8) is 0 Å². The van der Waals surface area contributed by atoms with Gasteiger partial charge in [-0.05, 0) is 80.4 Å². The van der Waals surface area contributed by atoms with Crippen LogP contribution in [0.5, 0.6) is 0 Å². The Labute approximate surface area is 172 Å². The Morgan fingerprint density at radius 3 is 2.03 bits per heavy atom. The molecule has 0 aromatic heterocycles. The van der Waals surface area contributed by atoms with Gasteiger partial charge in [0.2, 0.25) is 11.8 Å². The normalized spacial score (nSPS) is 33.6. The van der Waals surface area contributed by atoms with Gasteiger partial charge in [0.25, 0.3) is 0 Å². The molecule has 1 aliphatic heterocycles. The van der Waals surface area contributed by atoms with Crippen molar-refractivity contribution in [1.82, 2.24) is 9.80 Å². The van der Waals surface area contributed by atoms with Crippen molar-refractivity contribution in [3.05, 3.63) is 35.6 Å². The number of nitrogens with zero attached hydrogens (tertiary/aromatic N) is 2. The first-order chi connectivity index (χ1) is 14.0. The topological polar surface area (TPSA) is 40.6 Å². The van der Waals surface area contributed by atoms with Crippen LogP contribution < -0.4 is 0 Å². The van der Waals surface area contributed by atoms with Gasteiger partial charge >= 0.3 is 0 Å². The van der Waals surface area contributed by atoms with Crippen LogP contribution in [0.2, 0.25) is 0 Å². The Bertz CT molecular complexity index is 755. The van der Waals surface area contributed by atoms with E-state index in [0.29, 0.717) is 32.0 Å². The molecule has 4 aliphatic carbocycles. The van der Waals surface area contributed by atoms with E-state index in [2.05, 4.69) is 4.90 Å². The first-order valence-corrected chi connectivity index (χ1v) is 11.3. The van der Waals surface area contributed by atoms with Crippen LogP contribution in [0.3, 0.4) is 0 Å². The van der Waals surface area contributed by atoms with Gasteiger partial charge in [0.05, 0.1) is 11.8 Å². The summed E-state index contributed by atoms with van der Waals surface area (Å²) < 4.78 is 13.1. The number of hydrogen-bond acceptors (Lipinski definition) is 2. The Kier molecular flexibility index (Phi) is 4.87. The number of amides is 2. The zero-order valence-corrected chi connectivity index (χ0v) is 17.1. The second kappa shape index (κ2) is 7.41. The highest BCUT2D eigenvalue weighted by molar-refractivity contribution is 5.84. The van der Waals surface area contributed by atoms with Crippen molar-refractivity contribution in [3.8, 4) is 0 Å². The molecule has 0 N–H and O–H groups in total. The fourth-order valence-electron chi connectivity index (χ4n) is 6.97. The van der Waals surface area contributed by atoms with Crippen molar-refractivity contribution in [2.24, 2.45) is 23.2 Å². The molecule has 5 fully saturated rings. The third kappa shape index (κ3) is 3.69. The average Bonchev–Trinajstić information content (AvgIpc) is 2.94. The summed E-state index contributed by atoms with van der Waals surface area (Å²) >= 11 is 0. The minimum Gasteiger partial charge on any atom is -0.341 e. The van der Waals surface area contributed by atoms with Crippen LogP contribution in [-0.2, 0) is 16.0 Å². The minimum atomic E-state index is -0.283. The highest BCUT2D eigenvalue weighted by atomic mass is 19.1. The highest BCUT2D eigenvalue weighted by Crippen LogP contribution is 2.60. The van der Waals surface area contributed by atoms with Gasteiger partial charge in [-0.3, -0.25) is 9.59 Å². The SMILES string of the molecule is O=C(Cc1ccc(F)cc1)N1CCCN(C(=O)C23CC4CC(CC(C4)C2)C3)CC1. The van der Waals surface area contributed by atoms with Gasteiger partial charge in [-0.2, -0.15) is 0 Å². The van der Waals surface area contributed by atoms with E-state index in [-0.39, 0.29) is 17.1 Å². The molecular formula is C24H31FN2O2. The van der Waals surface area contributed by atoms with Gasteiger partial charge in [-0.15, -0.1) is 0 Å². The number of carbonyl (C=O) groups is 2. The van der Waals surface area contributed by atoms with E-state index < -0.39 is 0 Å². The summed E-state index contributed by atoms with van der Waals surface area (Å²) in [6.45, 7) is 2.72. The third-order valence-electron chi connectivity index (χ3n) is 7.90. The molecule has 1 heterocycles. The molecule has 4 nitrogen and oxygen atoms in total. The van der Waals surface area contributed by atoms with Crippen LogP contribution in [-0.4, -0.2) is 47.8 Å². The van der Waals surface area contributed by atoms with Crippen molar-refractivity contribution in [2.75, 3.05) is 26.2 Å². The maximum atomic E-state index is 13.6. The molecule has 29 heavy (non-hydrogen) atoms. The molecule has 156 valence electrons. The zero-order chi connectivity index (χ0) is 20.0. The molecule has 4 saturated carbocycles. The van der Waals surface area contributed by atoms with E-state index in [9.17, 15) is 14.0 Å². The highest BCUT2D eigenvalue weighted by Gasteiger charge is 2.55. The summed E-state index contributed by atoms with van der Waals surface area (Å²) in [5.41, 5.74) is 0.740. The van der Waals surface area contributed by atoms with Crippen LogP contribution in [0.15, 0.2) is 24.3 Å². The standard InChI is InChI=1S/C24H31FN2O2/c25-21-4-2-17(3-5-21)13-22(28)26-6-1-7-27(9-8-26)23(29)24-14-18-10-19(15-24)12-20(11-18)16-24/h2-5,18-20H,1,6-16H2. The molecule has 4 bridgehead atoms. The van der Waals surface area contributed by atoms with Crippen LogP contribution in [0.25, 0.3) is 0 Å². The Balaban J connectivity index is 1.21. The fourth-order valence-corrected chi connectivity index (χ4v) is 6.97. The number of rotatable bonds is 3. The van der Waals surface area contributed by atoms with Gasteiger partial charge in [0, 0.05) is 26.2 Å². The lowest BCUT2D eigenvalue weighted by atomic mass is 9.49.